The predicted molar refractivity (Wildman–Crippen MR) is 117 cm³/mol. The Balaban J connectivity index is 0.00000320. The van der Waals surface area contributed by atoms with Crippen molar-refractivity contribution in [2.45, 2.75) is 45.1 Å². The molecule has 1 atom stereocenters. The smallest absolute Gasteiger partial charge is 0.230 e. The molecule has 2 heterocycles. The van der Waals surface area contributed by atoms with Crippen LogP contribution in [0.25, 0.3) is 0 Å². The molecule has 0 spiro atoms. The van der Waals surface area contributed by atoms with Gasteiger partial charge in [-0.3, -0.25) is 9.59 Å². The summed E-state index contributed by atoms with van der Waals surface area (Å²) >= 11 is 0. The van der Waals surface area contributed by atoms with Gasteiger partial charge in [0.05, 0.1) is 12.1 Å². The largest absolute Gasteiger partial charge is 0.361 e. The summed E-state index contributed by atoms with van der Waals surface area (Å²) in [6, 6.07) is 11.8. The van der Waals surface area contributed by atoms with E-state index in [9.17, 15) is 9.59 Å². The van der Waals surface area contributed by atoms with Gasteiger partial charge in [-0.1, -0.05) is 35.5 Å². The summed E-state index contributed by atoms with van der Waals surface area (Å²) < 4.78 is 5.20. The molecular formula is C22H31ClN4O3. The molecule has 164 valence electrons. The number of carbonyl (C=O) groups is 2. The van der Waals surface area contributed by atoms with Crippen molar-refractivity contribution in [3.05, 3.63) is 53.4 Å². The topological polar surface area (TPSA) is 87.5 Å². The van der Waals surface area contributed by atoms with Crippen molar-refractivity contribution < 1.29 is 14.1 Å². The van der Waals surface area contributed by atoms with Gasteiger partial charge in [-0.05, 0) is 38.3 Å². The van der Waals surface area contributed by atoms with Crippen molar-refractivity contribution in [1.82, 2.24) is 20.7 Å². The Morgan fingerprint density at radius 2 is 1.93 bits per heavy atom. The fourth-order valence-corrected chi connectivity index (χ4v) is 3.57. The Hall–Kier alpha value is -2.38. The summed E-state index contributed by atoms with van der Waals surface area (Å²) in [5.41, 5.74) is 1.88. The number of aryl methyl sites for hydroxylation is 1. The number of nitrogens with one attached hydrogen (secondary N) is 2. The molecule has 1 aliphatic rings. The average molecular weight is 435 g/mol. The van der Waals surface area contributed by atoms with Crippen LogP contribution in [-0.2, 0) is 16.0 Å². The molecule has 1 aromatic heterocycles. The van der Waals surface area contributed by atoms with Crippen molar-refractivity contribution in [1.29, 1.82) is 0 Å². The molecule has 0 aliphatic carbocycles. The van der Waals surface area contributed by atoms with Crippen molar-refractivity contribution in [2.75, 3.05) is 26.2 Å². The van der Waals surface area contributed by atoms with Gasteiger partial charge >= 0.3 is 0 Å². The molecule has 30 heavy (non-hydrogen) atoms. The van der Waals surface area contributed by atoms with Gasteiger partial charge in [0.15, 0.2) is 0 Å². The third-order valence-electron chi connectivity index (χ3n) is 5.12. The molecule has 1 aromatic carbocycles. The van der Waals surface area contributed by atoms with Gasteiger partial charge in [0.2, 0.25) is 11.8 Å². The first kappa shape index (κ1) is 23.9. The first-order valence-electron chi connectivity index (χ1n) is 10.4. The van der Waals surface area contributed by atoms with Crippen LogP contribution in [-0.4, -0.2) is 48.0 Å². The van der Waals surface area contributed by atoms with Gasteiger partial charge in [0, 0.05) is 38.2 Å². The third-order valence-corrected chi connectivity index (χ3v) is 5.12. The van der Waals surface area contributed by atoms with E-state index < -0.39 is 0 Å². The number of aromatic nitrogens is 1. The minimum atomic E-state index is -0.0294. The number of carbonyl (C=O) groups excluding carboxylic acids is 2. The summed E-state index contributed by atoms with van der Waals surface area (Å²) in [7, 11) is 0. The summed E-state index contributed by atoms with van der Waals surface area (Å²) in [5, 5.41) is 10.3. The summed E-state index contributed by atoms with van der Waals surface area (Å²) in [6.45, 7) is 4.58. The maximum Gasteiger partial charge on any atom is 0.230 e. The lowest BCUT2D eigenvalue weighted by molar-refractivity contribution is -0.131. The van der Waals surface area contributed by atoms with Crippen LogP contribution in [0.2, 0.25) is 0 Å². The summed E-state index contributed by atoms with van der Waals surface area (Å²) in [4.78, 5) is 27.0. The molecule has 1 saturated heterocycles. The molecule has 7 nitrogen and oxygen atoms in total. The zero-order chi connectivity index (χ0) is 20.5. The molecule has 2 amide bonds. The Morgan fingerprint density at radius 3 is 2.67 bits per heavy atom. The summed E-state index contributed by atoms with van der Waals surface area (Å²) in [6.07, 6.45) is 3.18. The lowest BCUT2D eigenvalue weighted by Gasteiger charge is -2.23. The molecule has 2 aromatic rings. The molecule has 2 N–H and O–H groups in total. The maximum absolute atomic E-state index is 12.7. The van der Waals surface area contributed by atoms with E-state index >= 15 is 0 Å². The highest BCUT2D eigenvalue weighted by molar-refractivity contribution is 5.85. The van der Waals surface area contributed by atoms with Crippen LogP contribution in [0.15, 0.2) is 40.9 Å². The number of hydrogen-bond acceptors (Lipinski definition) is 5. The van der Waals surface area contributed by atoms with E-state index in [1.54, 1.807) is 6.07 Å². The monoisotopic (exact) mass is 434 g/mol. The quantitative estimate of drug-likeness (QED) is 0.775. The van der Waals surface area contributed by atoms with Gasteiger partial charge in [0.25, 0.3) is 0 Å². The maximum atomic E-state index is 12.7. The van der Waals surface area contributed by atoms with Crippen LogP contribution in [0.1, 0.15) is 48.7 Å². The fourth-order valence-electron chi connectivity index (χ4n) is 3.57. The van der Waals surface area contributed by atoms with E-state index in [4.69, 9.17) is 4.52 Å². The second-order valence-electron chi connectivity index (χ2n) is 7.52. The fraction of sp³-hybridized carbons (Fsp3) is 0.500. The van der Waals surface area contributed by atoms with E-state index in [1.165, 1.54) is 0 Å². The average Bonchev–Trinajstić information content (AvgIpc) is 3.13. The highest BCUT2D eigenvalue weighted by Gasteiger charge is 2.19. The van der Waals surface area contributed by atoms with Gasteiger partial charge in [-0.15, -0.1) is 12.4 Å². The van der Waals surface area contributed by atoms with Crippen molar-refractivity contribution in [2.24, 2.45) is 0 Å². The van der Waals surface area contributed by atoms with E-state index in [-0.39, 0.29) is 36.7 Å². The van der Waals surface area contributed by atoms with Crippen LogP contribution in [0, 0.1) is 6.92 Å². The first-order chi connectivity index (χ1) is 14.1. The Labute approximate surface area is 184 Å². The number of hydrogen-bond donors (Lipinski definition) is 2. The Kier molecular flexibility index (Phi) is 9.83. The summed E-state index contributed by atoms with van der Waals surface area (Å²) in [5.74, 6) is 0.712. The standard InChI is InChI=1S/C22H30N4O3.ClH/c1-17-14-19(29-25-17)15-22(28)26-12-6-5-10-24-21(27)16-20(23-11-7-13-26)18-8-3-2-4-9-18;/h2-4,8-9,14,20,23H,5-7,10-13,15-16H2,1H3,(H,24,27);1H. The molecular weight excluding hydrogens is 404 g/mol. The second-order valence-corrected chi connectivity index (χ2v) is 7.52. The SMILES string of the molecule is Cc1cc(CC(=O)N2CCCCNC(=O)CC(c3ccccc3)NCCC2)on1.Cl. The number of amides is 2. The molecule has 0 radical (unpaired) electrons. The molecule has 1 unspecified atom stereocenters. The number of benzene rings is 1. The lowest BCUT2D eigenvalue weighted by Crippen LogP contribution is -2.35. The molecule has 1 fully saturated rings. The second kappa shape index (κ2) is 12.3. The van der Waals surface area contributed by atoms with Crippen molar-refractivity contribution in [3.8, 4) is 0 Å². The lowest BCUT2D eigenvalue weighted by atomic mass is 10.0. The number of rotatable bonds is 3. The van der Waals surface area contributed by atoms with Crippen molar-refractivity contribution in [3.63, 3.8) is 0 Å². The van der Waals surface area contributed by atoms with E-state index in [0.29, 0.717) is 31.8 Å². The highest BCUT2D eigenvalue weighted by atomic mass is 35.5. The van der Waals surface area contributed by atoms with Crippen LogP contribution >= 0.6 is 12.4 Å². The predicted octanol–water partition coefficient (Wildman–Crippen LogP) is 2.80. The van der Waals surface area contributed by atoms with Crippen LogP contribution in [0.4, 0.5) is 0 Å². The van der Waals surface area contributed by atoms with Crippen LogP contribution in [0.5, 0.6) is 0 Å². The van der Waals surface area contributed by atoms with Gasteiger partial charge in [-0.2, -0.15) is 0 Å². The third kappa shape index (κ3) is 7.46. The van der Waals surface area contributed by atoms with E-state index in [0.717, 1.165) is 37.1 Å². The molecule has 0 saturated carbocycles. The minimum absolute atomic E-state index is 0. The zero-order valence-corrected chi connectivity index (χ0v) is 18.2. The molecule has 0 bridgehead atoms. The van der Waals surface area contributed by atoms with Crippen LogP contribution in [0.3, 0.4) is 0 Å². The Bertz CT molecular complexity index is 797. The van der Waals surface area contributed by atoms with E-state index in [2.05, 4.69) is 15.8 Å². The molecule has 3 rings (SSSR count). The minimum Gasteiger partial charge on any atom is -0.361 e. The first-order valence-corrected chi connectivity index (χ1v) is 10.4. The number of halogens is 1. The zero-order valence-electron chi connectivity index (χ0n) is 17.4. The molecule has 1 aliphatic heterocycles. The molecule has 8 heteroatoms. The number of nitrogens with zero attached hydrogens (tertiary/aromatic N) is 2. The van der Waals surface area contributed by atoms with Gasteiger partial charge in [0.1, 0.15) is 5.76 Å². The van der Waals surface area contributed by atoms with Crippen LogP contribution < -0.4 is 10.6 Å². The van der Waals surface area contributed by atoms with Crippen molar-refractivity contribution >= 4 is 24.2 Å². The normalized spacial score (nSPS) is 18.9. The Morgan fingerprint density at radius 1 is 1.17 bits per heavy atom. The van der Waals surface area contributed by atoms with Gasteiger partial charge < -0.3 is 20.1 Å². The van der Waals surface area contributed by atoms with Gasteiger partial charge in [-0.25, -0.2) is 0 Å². The highest BCUT2D eigenvalue weighted by Crippen LogP contribution is 2.17. The van der Waals surface area contributed by atoms with E-state index in [1.807, 2.05) is 42.2 Å².